The fourth-order valence-corrected chi connectivity index (χ4v) is 5.88. The highest BCUT2D eigenvalue weighted by molar-refractivity contribution is 5.79. The van der Waals surface area contributed by atoms with Gasteiger partial charge < -0.3 is 34.1 Å². The maximum absolute atomic E-state index is 13.3. The van der Waals surface area contributed by atoms with Crippen molar-refractivity contribution >= 4 is 11.7 Å². The van der Waals surface area contributed by atoms with Gasteiger partial charge in [-0.1, -0.05) is 12.1 Å². The number of rotatable bonds is 7. The average Bonchev–Trinajstić information content (AvgIpc) is 3.56. The highest BCUT2D eigenvalue weighted by Crippen LogP contribution is 2.55. The Kier molecular flexibility index (Phi) is 6.15. The summed E-state index contributed by atoms with van der Waals surface area (Å²) < 4.78 is 27.8. The summed E-state index contributed by atoms with van der Waals surface area (Å²) in [6.07, 6.45) is 0. The summed E-state index contributed by atoms with van der Waals surface area (Å²) in [5, 5.41) is 25.1. The number of non-ortho nitro benzene ring substituents is 1. The smallest absolute Gasteiger partial charge is 0.310 e. The van der Waals surface area contributed by atoms with E-state index in [9.17, 15) is 20.0 Å². The average molecular weight is 535 g/mol. The molecule has 2 heterocycles. The number of nitrogens with one attached hydrogen (secondary N) is 1. The second-order valence-electron chi connectivity index (χ2n) is 9.69. The Morgan fingerprint density at radius 1 is 1.00 bits per heavy atom. The van der Waals surface area contributed by atoms with Gasteiger partial charge in [-0.05, 0) is 46.5 Å². The van der Waals surface area contributed by atoms with E-state index in [1.807, 2.05) is 12.1 Å². The van der Waals surface area contributed by atoms with Gasteiger partial charge in [0.2, 0.25) is 12.5 Å². The number of cyclic esters (lactones) is 1. The number of aromatic hydroxyl groups is 1. The largest absolute Gasteiger partial charge is 0.502 e. The molecule has 2 aliphatic heterocycles. The molecule has 3 aromatic carbocycles. The molecule has 4 atom stereocenters. The first kappa shape index (κ1) is 24.8. The summed E-state index contributed by atoms with van der Waals surface area (Å²) in [5.74, 6) is 0.0105. The van der Waals surface area contributed by atoms with Crippen LogP contribution in [0.1, 0.15) is 34.2 Å². The predicted octanol–water partition coefficient (Wildman–Crippen LogP) is 3.81. The molecule has 1 fully saturated rings. The third-order valence-corrected chi connectivity index (χ3v) is 7.72. The van der Waals surface area contributed by atoms with Gasteiger partial charge in [0.1, 0.15) is 0 Å². The number of esters is 1. The molecule has 1 saturated heterocycles. The Balaban J connectivity index is 1.45. The highest BCUT2D eigenvalue weighted by atomic mass is 16.7. The fraction of sp³-hybridized carbons (Fsp3) is 0.321. The van der Waals surface area contributed by atoms with E-state index in [1.165, 1.54) is 26.4 Å². The highest BCUT2D eigenvalue weighted by Gasteiger charge is 2.52. The number of fused-ring (bicyclic) bond motifs is 3. The van der Waals surface area contributed by atoms with E-state index in [-0.39, 0.29) is 54.3 Å². The Labute approximate surface area is 223 Å². The molecule has 0 amide bonds. The number of carbonyl (C=O) groups excluding carboxylic acids is 1. The number of hydrogen-bond acceptors (Lipinski definition) is 10. The molecule has 202 valence electrons. The number of nitro benzene ring substituents is 1. The van der Waals surface area contributed by atoms with Gasteiger partial charge in [0.05, 0.1) is 31.7 Å². The predicted molar refractivity (Wildman–Crippen MR) is 136 cm³/mol. The van der Waals surface area contributed by atoms with Gasteiger partial charge in [-0.3, -0.25) is 14.9 Å². The number of nitro groups is 1. The van der Waals surface area contributed by atoms with Gasteiger partial charge in [-0.15, -0.1) is 0 Å². The number of benzene rings is 3. The van der Waals surface area contributed by atoms with Crippen LogP contribution in [0.4, 0.5) is 5.69 Å². The molecule has 1 aliphatic carbocycles. The fourth-order valence-electron chi connectivity index (χ4n) is 5.88. The van der Waals surface area contributed by atoms with Crippen molar-refractivity contribution in [1.82, 2.24) is 5.32 Å². The zero-order valence-electron chi connectivity index (χ0n) is 21.2. The van der Waals surface area contributed by atoms with Gasteiger partial charge in [-0.2, -0.15) is 0 Å². The third-order valence-electron chi connectivity index (χ3n) is 7.72. The minimum absolute atomic E-state index is 0.0203. The number of hydrogen-bond donors (Lipinski definition) is 2. The second-order valence-corrected chi connectivity index (χ2v) is 9.69. The topological polar surface area (TPSA) is 139 Å². The lowest BCUT2D eigenvalue weighted by Gasteiger charge is -2.39. The standard InChI is InChI=1S/C28H26N2O9/c1-35-22-7-15(8-23(36-2)27(22)31)24-17-9-20-21(39-13-38-20)10-18(17)26(19-12-37-28(32)25(19)24)29-11-14-3-5-16(6-4-14)30(33)34/h3-10,19,24-26,29,31H,11-13H2,1-2H3/t19-,24+,25-,26+/m0/s1. The SMILES string of the molecule is COc1cc([C@@H]2c3cc4c(cc3[C@@H](NCc3ccc([N+](=O)[O-])cc3)[C@H]3COC(=O)[C@H]23)OCO4)cc(OC)c1O. The van der Waals surface area contributed by atoms with Crippen LogP contribution >= 0.6 is 0 Å². The molecule has 0 saturated carbocycles. The van der Waals surface area contributed by atoms with Gasteiger partial charge in [0, 0.05) is 36.6 Å². The van der Waals surface area contributed by atoms with Crippen LogP contribution < -0.4 is 24.3 Å². The number of methoxy groups -OCH3 is 2. The van der Waals surface area contributed by atoms with Crippen molar-refractivity contribution < 1.29 is 38.5 Å². The molecule has 0 unspecified atom stereocenters. The first-order valence-corrected chi connectivity index (χ1v) is 12.4. The molecule has 39 heavy (non-hydrogen) atoms. The van der Waals surface area contributed by atoms with E-state index >= 15 is 0 Å². The molecule has 0 spiro atoms. The van der Waals surface area contributed by atoms with E-state index < -0.39 is 16.8 Å². The van der Waals surface area contributed by atoms with E-state index in [4.69, 9.17) is 23.7 Å². The van der Waals surface area contributed by atoms with Crippen molar-refractivity contribution in [3.63, 3.8) is 0 Å². The van der Waals surface area contributed by atoms with Crippen LogP contribution in [0.3, 0.4) is 0 Å². The minimum Gasteiger partial charge on any atom is -0.502 e. The van der Waals surface area contributed by atoms with Crippen molar-refractivity contribution in [1.29, 1.82) is 0 Å². The summed E-state index contributed by atoms with van der Waals surface area (Å²) in [6, 6.07) is 13.3. The second kappa shape index (κ2) is 9.66. The first-order valence-electron chi connectivity index (χ1n) is 12.4. The van der Waals surface area contributed by atoms with E-state index in [1.54, 1.807) is 24.3 Å². The summed E-state index contributed by atoms with van der Waals surface area (Å²) >= 11 is 0. The van der Waals surface area contributed by atoms with Crippen molar-refractivity contribution in [3.8, 4) is 28.7 Å². The summed E-state index contributed by atoms with van der Waals surface area (Å²) in [5.41, 5.74) is 3.39. The molecule has 2 N–H and O–H groups in total. The molecule has 0 aromatic heterocycles. The van der Waals surface area contributed by atoms with Gasteiger partial charge in [0.25, 0.3) is 5.69 Å². The van der Waals surface area contributed by atoms with E-state index in [0.29, 0.717) is 18.0 Å². The Morgan fingerprint density at radius 2 is 1.64 bits per heavy atom. The van der Waals surface area contributed by atoms with Crippen molar-refractivity contribution in [2.45, 2.75) is 18.5 Å². The first-order chi connectivity index (χ1) is 18.9. The van der Waals surface area contributed by atoms with Crippen LogP contribution in [0.15, 0.2) is 48.5 Å². The molecule has 11 heteroatoms. The number of nitrogens with zero attached hydrogens (tertiary/aromatic N) is 1. The van der Waals surface area contributed by atoms with Crippen LogP contribution in [0.25, 0.3) is 0 Å². The summed E-state index contributed by atoms with van der Waals surface area (Å²) in [4.78, 5) is 23.9. The molecule has 3 aromatic rings. The lowest BCUT2D eigenvalue weighted by atomic mass is 9.65. The maximum Gasteiger partial charge on any atom is 0.310 e. The Morgan fingerprint density at radius 3 is 2.26 bits per heavy atom. The maximum atomic E-state index is 13.3. The van der Waals surface area contributed by atoms with Crippen LogP contribution in [-0.2, 0) is 16.1 Å². The lowest BCUT2D eigenvalue weighted by Crippen LogP contribution is -2.40. The number of phenolic OH excluding ortho intramolecular Hbond substituents is 1. The zero-order valence-corrected chi connectivity index (χ0v) is 21.2. The van der Waals surface area contributed by atoms with Gasteiger partial charge >= 0.3 is 5.97 Å². The number of phenols is 1. The molecule has 3 aliphatic rings. The number of carbonyl (C=O) groups is 1. The molecule has 11 nitrogen and oxygen atoms in total. The number of ether oxygens (including phenoxy) is 5. The molecular formula is C28H26N2O9. The summed E-state index contributed by atoms with van der Waals surface area (Å²) in [7, 11) is 2.91. The van der Waals surface area contributed by atoms with Gasteiger partial charge in [0.15, 0.2) is 23.0 Å². The van der Waals surface area contributed by atoms with Gasteiger partial charge in [-0.25, -0.2) is 0 Å². The van der Waals surface area contributed by atoms with Crippen molar-refractivity contribution in [3.05, 3.63) is 80.9 Å². The van der Waals surface area contributed by atoms with Crippen LogP contribution in [-0.4, -0.2) is 43.6 Å². The quantitative estimate of drug-likeness (QED) is 0.261. The van der Waals surface area contributed by atoms with Crippen LogP contribution in [0.5, 0.6) is 28.7 Å². The Hall–Kier alpha value is -4.51. The third kappa shape index (κ3) is 4.15. The van der Waals surface area contributed by atoms with Crippen molar-refractivity contribution in [2.24, 2.45) is 11.8 Å². The summed E-state index contributed by atoms with van der Waals surface area (Å²) in [6.45, 7) is 0.733. The van der Waals surface area contributed by atoms with Crippen LogP contribution in [0, 0.1) is 22.0 Å². The molecule has 0 radical (unpaired) electrons. The van der Waals surface area contributed by atoms with E-state index in [2.05, 4.69) is 5.32 Å². The normalized spacial score (nSPS) is 22.6. The van der Waals surface area contributed by atoms with Crippen molar-refractivity contribution in [2.75, 3.05) is 27.6 Å². The minimum atomic E-state index is -0.536. The lowest BCUT2D eigenvalue weighted by molar-refractivity contribution is -0.384. The van der Waals surface area contributed by atoms with E-state index in [0.717, 1.165) is 22.3 Å². The molecule has 6 rings (SSSR count). The monoisotopic (exact) mass is 534 g/mol. The zero-order chi connectivity index (χ0) is 27.3. The van der Waals surface area contributed by atoms with Crippen LogP contribution in [0.2, 0.25) is 0 Å². The molecule has 0 bridgehead atoms. The Bertz CT molecular complexity index is 1430. The molecular weight excluding hydrogens is 508 g/mol.